The van der Waals surface area contributed by atoms with E-state index in [1.54, 1.807) is 17.5 Å². The third kappa shape index (κ3) is 3.36. The Bertz CT molecular complexity index is 628. The first kappa shape index (κ1) is 14.8. The molecule has 0 amide bonds. The van der Waals surface area contributed by atoms with Gasteiger partial charge in [0.15, 0.2) is 0 Å². The summed E-state index contributed by atoms with van der Waals surface area (Å²) in [6.45, 7) is 6.98. The van der Waals surface area contributed by atoms with E-state index in [2.05, 4.69) is 34.0 Å². The van der Waals surface area contributed by atoms with Crippen LogP contribution in [0.3, 0.4) is 0 Å². The number of pyridine rings is 1. The van der Waals surface area contributed by atoms with Crippen LogP contribution >= 0.6 is 22.9 Å². The number of aryl methyl sites for hydroxylation is 2. The molecule has 21 heavy (non-hydrogen) atoms. The number of nitrogens with one attached hydrogen (secondary N) is 1. The first-order chi connectivity index (χ1) is 10.1. The number of nitrogens with zero attached hydrogens (tertiary/aromatic N) is 3. The van der Waals surface area contributed by atoms with Gasteiger partial charge in [-0.15, -0.1) is 11.3 Å². The molecule has 0 unspecified atom stereocenters. The predicted molar refractivity (Wildman–Crippen MR) is 88.3 cm³/mol. The van der Waals surface area contributed by atoms with E-state index < -0.39 is 0 Å². The van der Waals surface area contributed by atoms with E-state index in [-0.39, 0.29) is 0 Å². The topological polar surface area (TPSA) is 41.1 Å². The van der Waals surface area contributed by atoms with E-state index in [0.29, 0.717) is 6.04 Å². The summed E-state index contributed by atoms with van der Waals surface area (Å²) in [7, 11) is 0. The fourth-order valence-electron chi connectivity index (χ4n) is 2.70. The van der Waals surface area contributed by atoms with Gasteiger partial charge in [-0.3, -0.25) is 0 Å². The van der Waals surface area contributed by atoms with Crippen LogP contribution in [0.2, 0.25) is 5.02 Å². The van der Waals surface area contributed by atoms with E-state index in [1.165, 1.54) is 4.88 Å². The average molecular weight is 323 g/mol. The molecule has 112 valence electrons. The molecule has 3 heterocycles. The smallest absolute Gasteiger partial charge is 0.147 e. The summed E-state index contributed by atoms with van der Waals surface area (Å²) in [4.78, 5) is 12.4. The third-order valence-corrected chi connectivity index (χ3v) is 5.15. The van der Waals surface area contributed by atoms with Gasteiger partial charge in [-0.25, -0.2) is 9.97 Å². The Morgan fingerprint density at radius 3 is 3.05 bits per heavy atom. The molecule has 2 aromatic heterocycles. The van der Waals surface area contributed by atoms with Crippen molar-refractivity contribution in [2.24, 2.45) is 0 Å². The van der Waals surface area contributed by atoms with Crippen LogP contribution in [0.5, 0.6) is 0 Å². The van der Waals surface area contributed by atoms with Gasteiger partial charge in [-0.05, 0) is 32.4 Å². The Kier molecular flexibility index (Phi) is 4.42. The Hall–Kier alpha value is -1.17. The summed E-state index contributed by atoms with van der Waals surface area (Å²) >= 11 is 7.99. The number of aromatic nitrogens is 2. The van der Waals surface area contributed by atoms with Crippen LogP contribution in [-0.2, 0) is 6.54 Å². The van der Waals surface area contributed by atoms with Crippen molar-refractivity contribution in [2.45, 2.75) is 32.9 Å². The van der Waals surface area contributed by atoms with Crippen LogP contribution in [0.25, 0.3) is 0 Å². The summed E-state index contributed by atoms with van der Waals surface area (Å²) in [5, 5.41) is 5.49. The van der Waals surface area contributed by atoms with Crippen molar-refractivity contribution >= 4 is 28.8 Å². The van der Waals surface area contributed by atoms with Crippen molar-refractivity contribution in [2.75, 3.05) is 18.0 Å². The van der Waals surface area contributed by atoms with Crippen LogP contribution < -0.4 is 10.2 Å². The molecule has 1 fully saturated rings. The summed E-state index contributed by atoms with van der Waals surface area (Å²) in [6, 6.07) is 4.24. The Labute approximate surface area is 134 Å². The zero-order valence-corrected chi connectivity index (χ0v) is 13.8. The van der Waals surface area contributed by atoms with Gasteiger partial charge in [0.1, 0.15) is 5.82 Å². The van der Waals surface area contributed by atoms with Gasteiger partial charge in [0, 0.05) is 36.8 Å². The van der Waals surface area contributed by atoms with Crippen molar-refractivity contribution in [3.05, 3.63) is 38.9 Å². The van der Waals surface area contributed by atoms with Gasteiger partial charge in [0.25, 0.3) is 0 Å². The molecule has 0 spiro atoms. The van der Waals surface area contributed by atoms with Gasteiger partial charge in [-0.1, -0.05) is 11.6 Å². The maximum Gasteiger partial charge on any atom is 0.147 e. The molecule has 2 aromatic rings. The molecule has 3 rings (SSSR count). The zero-order valence-electron chi connectivity index (χ0n) is 12.3. The molecule has 0 aliphatic carbocycles. The number of hydrogen-bond acceptors (Lipinski definition) is 5. The SMILES string of the molecule is Cc1nc(C)c(CN[C@H]2CCN(c3ncccc3Cl)C2)s1. The summed E-state index contributed by atoms with van der Waals surface area (Å²) in [5.41, 5.74) is 1.15. The minimum Gasteiger partial charge on any atom is -0.354 e. The monoisotopic (exact) mass is 322 g/mol. The zero-order chi connectivity index (χ0) is 14.8. The second-order valence-corrected chi connectivity index (χ2v) is 7.06. The number of hydrogen-bond donors (Lipinski definition) is 1. The highest BCUT2D eigenvalue weighted by molar-refractivity contribution is 7.11. The highest BCUT2D eigenvalue weighted by Gasteiger charge is 2.24. The predicted octanol–water partition coefficient (Wildman–Crippen LogP) is 3.18. The third-order valence-electron chi connectivity index (χ3n) is 3.78. The second-order valence-electron chi connectivity index (χ2n) is 5.36. The first-order valence-corrected chi connectivity index (χ1v) is 8.34. The summed E-state index contributed by atoms with van der Waals surface area (Å²) in [6.07, 6.45) is 2.91. The largest absolute Gasteiger partial charge is 0.354 e. The minimum atomic E-state index is 0.477. The lowest BCUT2D eigenvalue weighted by molar-refractivity contribution is 0.553. The highest BCUT2D eigenvalue weighted by atomic mass is 35.5. The lowest BCUT2D eigenvalue weighted by atomic mass is 10.2. The standard InChI is InChI=1S/C15H19ClN4S/c1-10-14(21-11(2)19-10)8-18-12-5-7-20(9-12)15-13(16)4-3-6-17-15/h3-4,6,12,18H,5,7-9H2,1-2H3/t12-/m0/s1. The van der Waals surface area contributed by atoms with E-state index in [9.17, 15) is 0 Å². The highest BCUT2D eigenvalue weighted by Crippen LogP contribution is 2.26. The van der Waals surface area contributed by atoms with Gasteiger partial charge < -0.3 is 10.2 Å². The normalized spacial score (nSPS) is 18.4. The molecule has 0 saturated carbocycles. The molecule has 6 heteroatoms. The van der Waals surface area contributed by atoms with Crippen LogP contribution in [0.15, 0.2) is 18.3 Å². The Morgan fingerprint density at radius 1 is 1.48 bits per heavy atom. The molecular weight excluding hydrogens is 304 g/mol. The first-order valence-electron chi connectivity index (χ1n) is 7.15. The van der Waals surface area contributed by atoms with E-state index in [0.717, 1.165) is 47.6 Å². The van der Waals surface area contributed by atoms with E-state index in [4.69, 9.17) is 11.6 Å². The van der Waals surface area contributed by atoms with Crippen molar-refractivity contribution in [3.8, 4) is 0 Å². The molecule has 4 nitrogen and oxygen atoms in total. The Balaban J connectivity index is 1.58. The number of halogens is 1. The maximum atomic E-state index is 6.22. The fraction of sp³-hybridized carbons (Fsp3) is 0.467. The van der Waals surface area contributed by atoms with Crippen LogP contribution in [0.4, 0.5) is 5.82 Å². The molecular formula is C15H19ClN4S. The van der Waals surface area contributed by atoms with Crippen molar-refractivity contribution < 1.29 is 0 Å². The fourth-order valence-corrected chi connectivity index (χ4v) is 3.83. The van der Waals surface area contributed by atoms with Crippen molar-refractivity contribution in [3.63, 3.8) is 0 Å². The van der Waals surface area contributed by atoms with Crippen LogP contribution in [0, 0.1) is 13.8 Å². The van der Waals surface area contributed by atoms with Crippen molar-refractivity contribution in [1.29, 1.82) is 0 Å². The van der Waals surface area contributed by atoms with Crippen LogP contribution in [-0.4, -0.2) is 29.1 Å². The molecule has 0 bridgehead atoms. The van der Waals surface area contributed by atoms with E-state index in [1.807, 2.05) is 12.1 Å². The number of thiazole rings is 1. The summed E-state index contributed by atoms with van der Waals surface area (Å²) < 4.78 is 0. The second kappa shape index (κ2) is 6.30. The van der Waals surface area contributed by atoms with Gasteiger partial charge in [0.05, 0.1) is 15.7 Å². The van der Waals surface area contributed by atoms with Gasteiger partial charge >= 0.3 is 0 Å². The molecule has 1 N–H and O–H groups in total. The minimum absolute atomic E-state index is 0.477. The lowest BCUT2D eigenvalue weighted by Crippen LogP contribution is -2.32. The quantitative estimate of drug-likeness (QED) is 0.938. The number of anilines is 1. The Morgan fingerprint density at radius 2 is 2.33 bits per heavy atom. The average Bonchev–Trinajstić information content (AvgIpc) is 3.04. The van der Waals surface area contributed by atoms with Crippen LogP contribution in [0.1, 0.15) is 22.0 Å². The molecule has 1 saturated heterocycles. The van der Waals surface area contributed by atoms with Gasteiger partial charge in [0.2, 0.25) is 0 Å². The molecule has 1 aliphatic heterocycles. The maximum absolute atomic E-state index is 6.22. The molecule has 1 atom stereocenters. The molecule has 0 radical (unpaired) electrons. The molecule has 0 aromatic carbocycles. The molecule has 1 aliphatic rings. The van der Waals surface area contributed by atoms with E-state index >= 15 is 0 Å². The lowest BCUT2D eigenvalue weighted by Gasteiger charge is -2.18. The van der Waals surface area contributed by atoms with Crippen molar-refractivity contribution in [1.82, 2.24) is 15.3 Å². The number of rotatable bonds is 4. The summed E-state index contributed by atoms with van der Waals surface area (Å²) in [5.74, 6) is 0.897. The van der Waals surface area contributed by atoms with Gasteiger partial charge in [-0.2, -0.15) is 0 Å².